The maximum absolute atomic E-state index is 12.9. The highest BCUT2D eigenvalue weighted by atomic mass is 32.1. The second kappa shape index (κ2) is 6.80. The number of hydrogen-bond acceptors (Lipinski definition) is 3. The number of hydrogen-bond donors (Lipinski definition) is 1. The number of nitrogens with zero attached hydrogens (tertiary/aromatic N) is 1. The van der Waals surface area contributed by atoms with Gasteiger partial charge in [-0.05, 0) is 54.2 Å². The van der Waals surface area contributed by atoms with E-state index in [0.717, 1.165) is 22.6 Å². The van der Waals surface area contributed by atoms with Gasteiger partial charge in [-0.15, -0.1) is 0 Å². The van der Waals surface area contributed by atoms with Crippen molar-refractivity contribution >= 4 is 35.0 Å². The molecule has 0 spiro atoms. The van der Waals surface area contributed by atoms with E-state index in [1.165, 1.54) is 12.1 Å². The Balaban J connectivity index is 1.90. The fraction of sp³-hybridized carbons (Fsp3) is 0.111. The first-order valence-corrected chi connectivity index (χ1v) is 7.89. The first kappa shape index (κ1) is 17.9. The van der Waals surface area contributed by atoms with Crippen molar-refractivity contribution in [3.8, 4) is 5.75 Å². The number of alkyl halides is 3. The molecule has 0 aromatic heterocycles. The van der Waals surface area contributed by atoms with Crippen LogP contribution in [0, 0.1) is 0 Å². The molecule has 2 aromatic rings. The van der Waals surface area contributed by atoms with Gasteiger partial charge < -0.3 is 10.1 Å². The van der Waals surface area contributed by atoms with E-state index in [4.69, 9.17) is 17.0 Å². The third kappa shape index (κ3) is 3.55. The van der Waals surface area contributed by atoms with Crippen LogP contribution in [-0.4, -0.2) is 18.1 Å². The Morgan fingerprint density at radius 2 is 1.85 bits per heavy atom. The molecular formula is C18H13F3N2O2S. The zero-order valence-corrected chi connectivity index (χ0v) is 14.3. The Labute approximate surface area is 152 Å². The summed E-state index contributed by atoms with van der Waals surface area (Å²) >= 11 is 5.12. The van der Waals surface area contributed by atoms with Crippen LogP contribution in [-0.2, 0) is 11.0 Å². The summed E-state index contributed by atoms with van der Waals surface area (Å²) in [6.07, 6.45) is -2.93. The van der Waals surface area contributed by atoms with Crippen LogP contribution < -0.4 is 15.0 Å². The predicted octanol–water partition coefficient (Wildman–Crippen LogP) is 3.98. The van der Waals surface area contributed by atoms with Crippen molar-refractivity contribution in [3.05, 3.63) is 65.4 Å². The minimum atomic E-state index is -4.50. The zero-order chi connectivity index (χ0) is 18.9. The van der Waals surface area contributed by atoms with Gasteiger partial charge in [-0.2, -0.15) is 13.2 Å². The Morgan fingerprint density at radius 3 is 2.46 bits per heavy atom. The van der Waals surface area contributed by atoms with Crippen LogP contribution in [0.25, 0.3) is 6.08 Å². The molecular weight excluding hydrogens is 365 g/mol. The van der Waals surface area contributed by atoms with Crippen molar-refractivity contribution in [2.45, 2.75) is 6.18 Å². The molecule has 2 aromatic carbocycles. The van der Waals surface area contributed by atoms with Crippen molar-refractivity contribution < 1.29 is 22.7 Å². The topological polar surface area (TPSA) is 41.6 Å². The summed E-state index contributed by atoms with van der Waals surface area (Å²) in [6, 6.07) is 11.4. The van der Waals surface area contributed by atoms with Crippen LogP contribution in [0.15, 0.2) is 54.2 Å². The van der Waals surface area contributed by atoms with Crippen LogP contribution in [0.5, 0.6) is 5.75 Å². The number of thiocarbonyl (C=S) groups is 1. The van der Waals surface area contributed by atoms with Gasteiger partial charge in [-0.25, -0.2) is 0 Å². The van der Waals surface area contributed by atoms with E-state index in [1.54, 1.807) is 37.5 Å². The molecule has 1 aliphatic heterocycles. The molecule has 0 saturated carbocycles. The van der Waals surface area contributed by atoms with Crippen molar-refractivity contribution in [1.82, 2.24) is 5.32 Å². The van der Waals surface area contributed by atoms with Gasteiger partial charge in [0.1, 0.15) is 11.4 Å². The van der Waals surface area contributed by atoms with Gasteiger partial charge in [0.2, 0.25) is 0 Å². The Kier molecular flexibility index (Phi) is 4.69. The van der Waals surface area contributed by atoms with Gasteiger partial charge in [-0.3, -0.25) is 9.69 Å². The maximum atomic E-state index is 12.9. The number of ether oxygens (including phenoxy) is 1. The lowest BCUT2D eigenvalue weighted by Crippen LogP contribution is -2.30. The molecule has 1 saturated heterocycles. The van der Waals surface area contributed by atoms with Gasteiger partial charge in [-0.1, -0.05) is 18.2 Å². The fourth-order valence-corrected chi connectivity index (χ4v) is 2.76. The van der Waals surface area contributed by atoms with E-state index in [2.05, 4.69) is 5.32 Å². The standard InChI is InChI=1S/C18H13F3N2O2S/c1-25-14-7-5-11(6-8-14)9-15-16(24)23(17(26)22-15)13-4-2-3-12(10-13)18(19,20)21/h2-10H,1H3,(H,22,26). The number of nitrogens with one attached hydrogen (secondary N) is 1. The highest BCUT2D eigenvalue weighted by molar-refractivity contribution is 7.80. The van der Waals surface area contributed by atoms with Gasteiger partial charge >= 0.3 is 6.18 Å². The molecule has 1 fully saturated rings. The molecule has 0 atom stereocenters. The number of rotatable bonds is 3. The van der Waals surface area contributed by atoms with E-state index < -0.39 is 17.6 Å². The lowest BCUT2D eigenvalue weighted by atomic mass is 10.1. The van der Waals surface area contributed by atoms with Gasteiger partial charge in [0.15, 0.2) is 5.11 Å². The normalized spacial score (nSPS) is 16.2. The number of carbonyl (C=O) groups excluding carboxylic acids is 1. The lowest BCUT2D eigenvalue weighted by molar-refractivity contribution is -0.137. The van der Waals surface area contributed by atoms with Gasteiger partial charge in [0.05, 0.1) is 18.4 Å². The molecule has 134 valence electrons. The number of anilines is 1. The van der Waals surface area contributed by atoms with E-state index in [9.17, 15) is 18.0 Å². The molecule has 1 amide bonds. The van der Waals surface area contributed by atoms with Crippen LogP contribution in [0.3, 0.4) is 0 Å². The molecule has 3 rings (SSSR count). The van der Waals surface area contributed by atoms with Crippen LogP contribution in [0.2, 0.25) is 0 Å². The van der Waals surface area contributed by atoms with Crippen molar-refractivity contribution in [1.29, 1.82) is 0 Å². The van der Waals surface area contributed by atoms with E-state index in [0.29, 0.717) is 5.75 Å². The summed E-state index contributed by atoms with van der Waals surface area (Å²) in [4.78, 5) is 13.6. The second-order valence-corrected chi connectivity index (χ2v) is 5.84. The molecule has 1 aliphatic rings. The molecule has 8 heteroatoms. The van der Waals surface area contributed by atoms with Crippen LogP contribution in [0.4, 0.5) is 18.9 Å². The average Bonchev–Trinajstić information content (AvgIpc) is 2.88. The second-order valence-electron chi connectivity index (χ2n) is 5.45. The monoisotopic (exact) mass is 378 g/mol. The number of methoxy groups -OCH3 is 1. The van der Waals surface area contributed by atoms with E-state index in [1.807, 2.05) is 0 Å². The minimum absolute atomic E-state index is 0.0223. The molecule has 0 aliphatic carbocycles. The Morgan fingerprint density at radius 1 is 1.15 bits per heavy atom. The van der Waals surface area contributed by atoms with Crippen molar-refractivity contribution in [2.75, 3.05) is 12.0 Å². The number of carbonyl (C=O) groups is 1. The average molecular weight is 378 g/mol. The number of amides is 1. The SMILES string of the molecule is COc1ccc(C=C2NC(=S)N(c3cccc(C(F)(F)F)c3)C2=O)cc1. The summed E-state index contributed by atoms with van der Waals surface area (Å²) in [5, 5.41) is 2.77. The smallest absolute Gasteiger partial charge is 0.416 e. The summed E-state index contributed by atoms with van der Waals surface area (Å²) in [7, 11) is 1.54. The minimum Gasteiger partial charge on any atom is -0.497 e. The number of halogens is 3. The summed E-state index contributed by atoms with van der Waals surface area (Å²) in [5.41, 5.74) is 0.103. The Bertz CT molecular complexity index is 892. The first-order chi connectivity index (χ1) is 12.3. The first-order valence-electron chi connectivity index (χ1n) is 7.48. The molecule has 26 heavy (non-hydrogen) atoms. The van der Waals surface area contributed by atoms with Crippen LogP contribution in [0.1, 0.15) is 11.1 Å². The fourth-order valence-electron chi connectivity index (χ4n) is 2.46. The Hall–Kier alpha value is -2.87. The van der Waals surface area contributed by atoms with Gasteiger partial charge in [0, 0.05) is 0 Å². The van der Waals surface area contributed by atoms with Crippen molar-refractivity contribution in [2.24, 2.45) is 0 Å². The van der Waals surface area contributed by atoms with Gasteiger partial charge in [0.25, 0.3) is 5.91 Å². The molecule has 1 heterocycles. The van der Waals surface area contributed by atoms with E-state index in [-0.39, 0.29) is 16.5 Å². The summed E-state index contributed by atoms with van der Waals surface area (Å²) in [6.45, 7) is 0. The molecule has 0 bridgehead atoms. The maximum Gasteiger partial charge on any atom is 0.416 e. The molecule has 1 N–H and O–H groups in total. The third-order valence-electron chi connectivity index (χ3n) is 3.74. The molecule has 0 radical (unpaired) electrons. The third-order valence-corrected chi connectivity index (χ3v) is 4.02. The summed E-state index contributed by atoms with van der Waals surface area (Å²) < 4.78 is 43.8. The van der Waals surface area contributed by atoms with Crippen LogP contribution >= 0.6 is 12.2 Å². The van der Waals surface area contributed by atoms with Crippen molar-refractivity contribution in [3.63, 3.8) is 0 Å². The highest BCUT2D eigenvalue weighted by Gasteiger charge is 2.35. The lowest BCUT2D eigenvalue weighted by Gasteiger charge is -2.16. The summed E-state index contributed by atoms with van der Waals surface area (Å²) in [5.74, 6) is 0.143. The molecule has 4 nitrogen and oxygen atoms in total. The quantitative estimate of drug-likeness (QED) is 0.648. The highest BCUT2D eigenvalue weighted by Crippen LogP contribution is 2.32. The predicted molar refractivity (Wildman–Crippen MR) is 95.6 cm³/mol. The zero-order valence-electron chi connectivity index (χ0n) is 13.5. The molecule has 0 unspecified atom stereocenters. The largest absolute Gasteiger partial charge is 0.497 e. The number of benzene rings is 2. The van der Waals surface area contributed by atoms with E-state index >= 15 is 0 Å².